The van der Waals surface area contributed by atoms with Gasteiger partial charge in [0.05, 0.1) is 12.7 Å². The zero-order chi connectivity index (χ0) is 13.4. The van der Waals surface area contributed by atoms with Gasteiger partial charge in [0.1, 0.15) is 0 Å². The van der Waals surface area contributed by atoms with Gasteiger partial charge in [0, 0.05) is 18.6 Å². The van der Waals surface area contributed by atoms with E-state index in [0.717, 1.165) is 19.4 Å². The molecule has 3 fully saturated rings. The number of likely N-dealkylation sites (tertiary alicyclic amines) is 1. The molecule has 4 nitrogen and oxygen atoms in total. The second-order valence-electron chi connectivity index (χ2n) is 6.68. The lowest BCUT2D eigenvalue weighted by molar-refractivity contribution is -0.132. The highest BCUT2D eigenvalue weighted by molar-refractivity contribution is 5.81. The molecule has 0 radical (unpaired) electrons. The highest BCUT2D eigenvalue weighted by Gasteiger charge is 2.42. The fourth-order valence-corrected chi connectivity index (χ4v) is 4.15. The summed E-state index contributed by atoms with van der Waals surface area (Å²) in [6.45, 7) is 3.96. The second kappa shape index (κ2) is 5.41. The fourth-order valence-electron chi connectivity index (χ4n) is 4.15. The number of rotatable bonds is 2. The Hall–Kier alpha value is -0.610. The van der Waals surface area contributed by atoms with Crippen molar-refractivity contribution in [1.82, 2.24) is 15.1 Å². The third-order valence-electron chi connectivity index (χ3n) is 5.47. The van der Waals surface area contributed by atoms with Crippen LogP contribution in [0.2, 0.25) is 0 Å². The van der Waals surface area contributed by atoms with Gasteiger partial charge >= 0.3 is 0 Å². The average Bonchev–Trinajstić information content (AvgIpc) is 3.01. The van der Waals surface area contributed by atoms with Gasteiger partial charge in [0.2, 0.25) is 5.91 Å². The van der Waals surface area contributed by atoms with Gasteiger partial charge in [-0.15, -0.1) is 0 Å². The number of amides is 1. The maximum Gasteiger partial charge on any atom is 0.238 e. The third-order valence-corrected chi connectivity index (χ3v) is 5.47. The molecular weight excluding hydrogens is 238 g/mol. The lowest BCUT2D eigenvalue weighted by atomic mass is 9.95. The van der Waals surface area contributed by atoms with E-state index in [2.05, 4.69) is 29.1 Å². The topological polar surface area (TPSA) is 35.6 Å². The van der Waals surface area contributed by atoms with Gasteiger partial charge in [0.25, 0.3) is 0 Å². The fraction of sp³-hybridized carbons (Fsp3) is 0.933. The molecule has 0 aromatic heterocycles. The second-order valence-corrected chi connectivity index (χ2v) is 6.68. The van der Waals surface area contributed by atoms with Crippen LogP contribution in [0.3, 0.4) is 0 Å². The number of hydrogen-bond acceptors (Lipinski definition) is 3. The summed E-state index contributed by atoms with van der Waals surface area (Å²) < 4.78 is 0. The Bertz CT molecular complexity index is 340. The van der Waals surface area contributed by atoms with Gasteiger partial charge in [-0.1, -0.05) is 12.8 Å². The molecule has 3 aliphatic rings. The summed E-state index contributed by atoms with van der Waals surface area (Å²) in [5.74, 6) is 1.03. The molecule has 1 N–H and O–H groups in total. The molecule has 0 aromatic rings. The van der Waals surface area contributed by atoms with E-state index >= 15 is 0 Å². The van der Waals surface area contributed by atoms with Crippen LogP contribution in [-0.2, 0) is 4.79 Å². The van der Waals surface area contributed by atoms with E-state index in [-0.39, 0.29) is 0 Å². The Kier molecular flexibility index (Phi) is 3.81. The summed E-state index contributed by atoms with van der Waals surface area (Å²) >= 11 is 0. The molecule has 108 valence electrons. The van der Waals surface area contributed by atoms with Crippen molar-refractivity contribution >= 4 is 5.91 Å². The zero-order valence-electron chi connectivity index (χ0n) is 12.3. The lowest BCUT2D eigenvalue weighted by Crippen LogP contribution is -2.53. The maximum atomic E-state index is 12.3. The maximum absolute atomic E-state index is 12.3. The van der Waals surface area contributed by atoms with Gasteiger partial charge in [-0.25, -0.2) is 0 Å². The quantitative estimate of drug-likeness (QED) is 0.820. The van der Waals surface area contributed by atoms with Crippen molar-refractivity contribution in [3.63, 3.8) is 0 Å². The molecule has 2 saturated heterocycles. The summed E-state index contributed by atoms with van der Waals surface area (Å²) in [5.41, 5.74) is 0. The molecule has 2 heterocycles. The Morgan fingerprint density at radius 1 is 1.21 bits per heavy atom. The Morgan fingerprint density at radius 3 is 2.63 bits per heavy atom. The van der Waals surface area contributed by atoms with Crippen molar-refractivity contribution in [2.24, 2.45) is 5.92 Å². The Morgan fingerprint density at radius 2 is 1.95 bits per heavy atom. The summed E-state index contributed by atoms with van der Waals surface area (Å²) in [6.07, 6.45) is 7.87. The van der Waals surface area contributed by atoms with Crippen LogP contribution in [0.5, 0.6) is 0 Å². The molecule has 4 heteroatoms. The van der Waals surface area contributed by atoms with Gasteiger partial charge < -0.3 is 9.80 Å². The molecule has 1 amide bonds. The van der Waals surface area contributed by atoms with Crippen molar-refractivity contribution in [3.05, 3.63) is 0 Å². The predicted octanol–water partition coefficient (Wildman–Crippen LogP) is 1.42. The SMILES string of the molecule is CC1CC(N2C(=O)CNC2C2CCCC2)CCN1C. The standard InChI is InChI=1S/C15H27N3O/c1-11-9-13(7-8-17(11)2)18-14(19)10-16-15(18)12-5-3-4-6-12/h11-13,15-16H,3-10H2,1-2H3. The number of piperidine rings is 1. The number of carbonyl (C=O) groups excluding carboxylic acids is 1. The first kappa shape index (κ1) is 13.4. The van der Waals surface area contributed by atoms with Crippen molar-refractivity contribution in [2.45, 2.75) is 63.7 Å². The molecule has 1 aliphatic carbocycles. The number of nitrogens with one attached hydrogen (secondary N) is 1. The monoisotopic (exact) mass is 265 g/mol. The van der Waals surface area contributed by atoms with Crippen LogP contribution in [0.15, 0.2) is 0 Å². The van der Waals surface area contributed by atoms with E-state index in [9.17, 15) is 4.79 Å². The molecule has 0 spiro atoms. The highest BCUT2D eigenvalue weighted by Crippen LogP contribution is 2.34. The third kappa shape index (κ3) is 2.52. The number of hydrogen-bond donors (Lipinski definition) is 1. The minimum absolute atomic E-state index is 0.329. The predicted molar refractivity (Wildman–Crippen MR) is 75.7 cm³/mol. The minimum atomic E-state index is 0.329. The van der Waals surface area contributed by atoms with Crippen LogP contribution in [0.25, 0.3) is 0 Å². The molecule has 3 atom stereocenters. The summed E-state index contributed by atoms with van der Waals surface area (Å²) in [7, 11) is 2.19. The van der Waals surface area contributed by atoms with Crippen LogP contribution >= 0.6 is 0 Å². The van der Waals surface area contributed by atoms with E-state index in [1.807, 2.05) is 0 Å². The van der Waals surface area contributed by atoms with E-state index in [0.29, 0.717) is 36.6 Å². The molecule has 0 bridgehead atoms. The van der Waals surface area contributed by atoms with Crippen LogP contribution in [0.4, 0.5) is 0 Å². The molecular formula is C15H27N3O. The van der Waals surface area contributed by atoms with E-state index in [1.165, 1.54) is 25.7 Å². The van der Waals surface area contributed by atoms with Gasteiger partial charge in [0.15, 0.2) is 0 Å². The van der Waals surface area contributed by atoms with Crippen molar-refractivity contribution < 1.29 is 4.79 Å². The van der Waals surface area contributed by atoms with Crippen LogP contribution < -0.4 is 5.32 Å². The van der Waals surface area contributed by atoms with E-state index in [1.54, 1.807) is 0 Å². The van der Waals surface area contributed by atoms with Crippen LogP contribution in [0, 0.1) is 5.92 Å². The smallest absolute Gasteiger partial charge is 0.238 e. The van der Waals surface area contributed by atoms with E-state index < -0.39 is 0 Å². The van der Waals surface area contributed by atoms with Crippen molar-refractivity contribution in [1.29, 1.82) is 0 Å². The summed E-state index contributed by atoms with van der Waals surface area (Å²) in [4.78, 5) is 16.9. The van der Waals surface area contributed by atoms with E-state index in [4.69, 9.17) is 0 Å². The van der Waals surface area contributed by atoms with Crippen LogP contribution in [-0.4, -0.2) is 54.1 Å². The van der Waals surface area contributed by atoms with Crippen molar-refractivity contribution in [2.75, 3.05) is 20.1 Å². The first-order valence-electron chi connectivity index (χ1n) is 7.91. The zero-order valence-corrected chi connectivity index (χ0v) is 12.3. The number of carbonyl (C=O) groups is 1. The van der Waals surface area contributed by atoms with Crippen molar-refractivity contribution in [3.8, 4) is 0 Å². The summed E-state index contributed by atoms with van der Waals surface area (Å²) in [5, 5.41) is 3.48. The molecule has 0 aromatic carbocycles. The van der Waals surface area contributed by atoms with Crippen LogP contribution in [0.1, 0.15) is 45.4 Å². The number of nitrogens with zero attached hydrogens (tertiary/aromatic N) is 2. The Labute approximate surface area is 116 Å². The largest absolute Gasteiger partial charge is 0.323 e. The first-order chi connectivity index (χ1) is 9.16. The lowest BCUT2D eigenvalue weighted by Gasteiger charge is -2.42. The average molecular weight is 265 g/mol. The summed E-state index contributed by atoms with van der Waals surface area (Å²) in [6, 6.07) is 1.05. The van der Waals surface area contributed by atoms with Gasteiger partial charge in [-0.2, -0.15) is 0 Å². The first-order valence-corrected chi connectivity index (χ1v) is 7.91. The normalized spacial score (nSPS) is 38.3. The molecule has 3 unspecified atom stereocenters. The Balaban J connectivity index is 1.71. The van der Waals surface area contributed by atoms with Gasteiger partial charge in [-0.3, -0.25) is 10.1 Å². The molecule has 3 rings (SSSR count). The molecule has 19 heavy (non-hydrogen) atoms. The van der Waals surface area contributed by atoms with Gasteiger partial charge in [-0.05, 0) is 45.6 Å². The minimum Gasteiger partial charge on any atom is -0.323 e. The molecule has 1 saturated carbocycles. The molecule has 2 aliphatic heterocycles. The highest BCUT2D eigenvalue weighted by atomic mass is 16.2.